The Morgan fingerprint density at radius 3 is 2.27 bits per heavy atom. The van der Waals surface area contributed by atoms with Crippen molar-refractivity contribution in [2.75, 3.05) is 7.11 Å². The van der Waals surface area contributed by atoms with Gasteiger partial charge in [-0.3, -0.25) is 14.9 Å². The summed E-state index contributed by atoms with van der Waals surface area (Å²) in [5.74, 6) is -0.598. The Hall–Kier alpha value is -3.53. The molecular weight excluding hydrogens is 412 g/mol. The molecule has 2 aromatic rings. The van der Waals surface area contributed by atoms with E-state index >= 15 is 0 Å². The van der Waals surface area contributed by atoms with E-state index in [4.69, 9.17) is 0 Å². The van der Waals surface area contributed by atoms with Crippen LogP contribution in [0.4, 0.5) is 10.5 Å². The number of carbonyl (C=O) groups excluding carboxylic acids is 2. The van der Waals surface area contributed by atoms with E-state index in [1.165, 1.54) is 30.3 Å². The second-order valence-corrected chi connectivity index (χ2v) is 8.23. The number of aryl methyl sites for hydroxylation is 1. The zero-order valence-corrected chi connectivity index (χ0v) is 17.4. The number of hydrogen-bond acceptors (Lipinski definition) is 7. The van der Waals surface area contributed by atoms with Gasteiger partial charge in [-0.1, -0.05) is 36.4 Å². The molecule has 0 unspecified atom stereocenters. The molecule has 10 heteroatoms. The van der Waals surface area contributed by atoms with Crippen LogP contribution in [0.1, 0.15) is 24.1 Å². The number of hydrogen-bond donors (Lipinski definition) is 0. The fourth-order valence-electron chi connectivity index (χ4n) is 2.74. The van der Waals surface area contributed by atoms with Crippen LogP contribution in [0, 0.1) is 17.0 Å². The predicted molar refractivity (Wildman–Crippen MR) is 108 cm³/mol. The summed E-state index contributed by atoms with van der Waals surface area (Å²) in [7, 11) is -3.53. The van der Waals surface area contributed by atoms with Gasteiger partial charge in [-0.25, -0.2) is 13.2 Å². The zero-order valence-electron chi connectivity index (χ0n) is 16.6. The predicted octanol–water partition coefficient (Wildman–Crippen LogP) is 3.55. The molecule has 1 amide bonds. The Morgan fingerprint density at radius 2 is 1.77 bits per heavy atom. The second-order valence-electron chi connectivity index (χ2n) is 6.42. The number of carbonyl (C=O) groups is 2. The minimum Gasteiger partial charge on any atom is -0.452 e. The minimum absolute atomic E-state index is 0.0190. The van der Waals surface area contributed by atoms with Crippen LogP contribution in [0.15, 0.2) is 65.6 Å². The van der Waals surface area contributed by atoms with E-state index < -0.39 is 32.9 Å². The summed E-state index contributed by atoms with van der Waals surface area (Å²) in [5.41, 5.74) is 0.218. The molecule has 0 aliphatic heterocycles. The van der Waals surface area contributed by atoms with E-state index in [1.54, 1.807) is 19.1 Å². The van der Waals surface area contributed by atoms with Gasteiger partial charge in [0, 0.05) is 17.7 Å². The number of sulfonamides is 1. The Labute approximate surface area is 173 Å². The molecule has 2 rings (SSSR count). The molecule has 9 nitrogen and oxygen atoms in total. The lowest BCUT2D eigenvalue weighted by Gasteiger charge is -2.30. The highest BCUT2D eigenvalue weighted by molar-refractivity contribution is 7.89. The van der Waals surface area contributed by atoms with Gasteiger partial charge in [-0.2, -0.15) is 4.31 Å². The summed E-state index contributed by atoms with van der Waals surface area (Å²) < 4.78 is 31.7. The molecule has 2 aromatic carbocycles. The molecule has 0 spiro atoms. The Bertz CT molecular complexity index is 1110. The SMILES string of the molecule is C=C(C(C)=O)[C@H](c1cccc([N+](=O)[O-])c1)N(C(=O)OC)S(=O)(=O)c1ccc(C)cc1. The van der Waals surface area contributed by atoms with Crippen molar-refractivity contribution in [3.63, 3.8) is 0 Å². The van der Waals surface area contributed by atoms with E-state index in [2.05, 4.69) is 11.3 Å². The monoisotopic (exact) mass is 432 g/mol. The topological polar surface area (TPSA) is 124 Å². The average molecular weight is 432 g/mol. The quantitative estimate of drug-likeness (QED) is 0.372. The number of nitrogens with zero attached hydrogens (tertiary/aromatic N) is 2. The molecule has 0 N–H and O–H groups in total. The van der Waals surface area contributed by atoms with Crippen LogP contribution in [-0.4, -0.2) is 36.6 Å². The number of benzene rings is 2. The van der Waals surface area contributed by atoms with Crippen LogP contribution in [0.25, 0.3) is 0 Å². The van der Waals surface area contributed by atoms with Crippen LogP contribution >= 0.6 is 0 Å². The summed E-state index contributed by atoms with van der Waals surface area (Å²) in [4.78, 5) is 35.0. The van der Waals surface area contributed by atoms with Crippen molar-refractivity contribution in [1.82, 2.24) is 4.31 Å². The summed E-state index contributed by atoms with van der Waals surface area (Å²) in [5, 5.41) is 11.2. The molecule has 0 aromatic heterocycles. The van der Waals surface area contributed by atoms with Crippen molar-refractivity contribution in [2.24, 2.45) is 0 Å². The number of methoxy groups -OCH3 is 1. The van der Waals surface area contributed by atoms with Crippen molar-refractivity contribution < 1.29 is 27.7 Å². The summed E-state index contributed by atoms with van der Waals surface area (Å²) in [6.45, 7) is 6.55. The van der Waals surface area contributed by atoms with Crippen molar-refractivity contribution in [1.29, 1.82) is 0 Å². The lowest BCUT2D eigenvalue weighted by molar-refractivity contribution is -0.384. The van der Waals surface area contributed by atoms with Crippen LogP contribution in [-0.2, 0) is 19.6 Å². The first-order valence-electron chi connectivity index (χ1n) is 8.63. The molecular formula is C20H20N2O7S. The fraction of sp³-hybridized carbons (Fsp3) is 0.200. The molecule has 158 valence electrons. The second kappa shape index (κ2) is 8.87. The van der Waals surface area contributed by atoms with Crippen molar-refractivity contribution >= 4 is 27.6 Å². The highest BCUT2D eigenvalue weighted by atomic mass is 32.2. The number of non-ortho nitro benzene ring substituents is 1. The number of nitro benzene ring substituents is 1. The third-order valence-corrected chi connectivity index (χ3v) is 6.09. The van der Waals surface area contributed by atoms with Crippen molar-refractivity contribution in [2.45, 2.75) is 24.8 Å². The highest BCUT2D eigenvalue weighted by Gasteiger charge is 2.40. The maximum Gasteiger partial charge on any atom is 0.424 e. The first kappa shape index (κ1) is 22.8. The molecule has 0 fully saturated rings. The summed E-state index contributed by atoms with van der Waals surface area (Å²) in [6, 6.07) is 9.14. The lowest BCUT2D eigenvalue weighted by Crippen LogP contribution is -2.41. The largest absolute Gasteiger partial charge is 0.452 e. The number of rotatable bonds is 7. The molecule has 0 saturated carbocycles. The summed E-state index contributed by atoms with van der Waals surface area (Å²) in [6.07, 6.45) is -1.27. The first-order chi connectivity index (χ1) is 14.0. The number of ketones is 1. The van der Waals surface area contributed by atoms with Gasteiger partial charge < -0.3 is 4.74 Å². The van der Waals surface area contributed by atoms with Crippen LogP contribution < -0.4 is 0 Å². The molecule has 30 heavy (non-hydrogen) atoms. The molecule has 0 saturated heterocycles. The van der Waals surface area contributed by atoms with Crippen LogP contribution in [0.5, 0.6) is 0 Å². The first-order valence-corrected chi connectivity index (χ1v) is 10.1. The van der Waals surface area contributed by atoms with Gasteiger partial charge in [0.1, 0.15) is 6.04 Å². The van der Waals surface area contributed by atoms with E-state index in [0.29, 0.717) is 4.31 Å². The lowest BCUT2D eigenvalue weighted by atomic mass is 9.97. The van der Waals surface area contributed by atoms with Gasteiger partial charge in [0.15, 0.2) is 5.78 Å². The average Bonchev–Trinajstić information content (AvgIpc) is 2.71. The van der Waals surface area contributed by atoms with Gasteiger partial charge in [0.2, 0.25) is 0 Å². The standard InChI is InChI=1S/C20H20N2O7S/c1-13-8-10-18(11-9-13)30(27,28)21(20(24)29-4)19(14(2)15(3)23)16-6-5-7-17(12-16)22(25)26/h5-12,19H,2H2,1,3-4H3/t19-/m1/s1. The molecule has 1 atom stereocenters. The van der Waals surface area contributed by atoms with Gasteiger partial charge in [0.25, 0.3) is 15.7 Å². The number of nitro groups is 1. The van der Waals surface area contributed by atoms with Gasteiger partial charge in [-0.05, 0) is 31.5 Å². The van der Waals surface area contributed by atoms with Gasteiger partial charge >= 0.3 is 6.09 Å². The summed E-state index contributed by atoms with van der Waals surface area (Å²) >= 11 is 0. The van der Waals surface area contributed by atoms with E-state index in [1.807, 2.05) is 0 Å². The molecule has 0 bridgehead atoms. The fourth-order valence-corrected chi connectivity index (χ4v) is 4.24. The molecule has 0 aliphatic carbocycles. The van der Waals surface area contributed by atoms with Crippen LogP contribution in [0.3, 0.4) is 0 Å². The normalized spacial score (nSPS) is 12.0. The van der Waals surface area contributed by atoms with E-state index in [0.717, 1.165) is 25.7 Å². The third kappa shape index (κ3) is 4.54. The van der Waals surface area contributed by atoms with E-state index in [9.17, 15) is 28.1 Å². The Balaban J connectivity index is 2.78. The molecule has 0 radical (unpaired) electrons. The number of ether oxygens (including phenoxy) is 1. The Kier molecular flexibility index (Phi) is 6.73. The van der Waals surface area contributed by atoms with Gasteiger partial charge in [-0.15, -0.1) is 0 Å². The minimum atomic E-state index is -4.51. The zero-order chi connectivity index (χ0) is 22.6. The van der Waals surface area contributed by atoms with Crippen LogP contribution in [0.2, 0.25) is 0 Å². The third-order valence-electron chi connectivity index (χ3n) is 4.35. The smallest absolute Gasteiger partial charge is 0.424 e. The highest BCUT2D eigenvalue weighted by Crippen LogP contribution is 2.35. The van der Waals surface area contributed by atoms with Crippen molar-refractivity contribution in [3.8, 4) is 0 Å². The molecule has 0 heterocycles. The number of Topliss-reactive ketones (excluding diaryl/α,β-unsaturated/α-hetero) is 1. The Morgan fingerprint density at radius 1 is 1.17 bits per heavy atom. The molecule has 0 aliphatic rings. The maximum atomic E-state index is 13.3. The van der Waals surface area contributed by atoms with E-state index in [-0.39, 0.29) is 21.7 Å². The number of amides is 1. The van der Waals surface area contributed by atoms with Crippen molar-refractivity contribution in [3.05, 3.63) is 81.9 Å². The maximum absolute atomic E-state index is 13.3. The van der Waals surface area contributed by atoms with Gasteiger partial charge in [0.05, 0.1) is 16.9 Å².